The Bertz CT molecular complexity index is 839. The van der Waals surface area contributed by atoms with E-state index in [1.54, 1.807) is 24.5 Å². The van der Waals surface area contributed by atoms with E-state index < -0.39 is 10.0 Å². The van der Waals surface area contributed by atoms with Crippen LogP contribution in [0.5, 0.6) is 0 Å². The van der Waals surface area contributed by atoms with Crippen LogP contribution in [0.15, 0.2) is 44.7 Å². The Morgan fingerprint density at radius 3 is 2.92 bits per heavy atom. The highest BCUT2D eigenvalue weighted by molar-refractivity contribution is 9.11. The first kappa shape index (κ1) is 18.5. The summed E-state index contributed by atoms with van der Waals surface area (Å²) in [5, 5.41) is 2.88. The molecule has 0 aliphatic carbocycles. The van der Waals surface area contributed by atoms with Gasteiger partial charge >= 0.3 is 0 Å². The maximum absolute atomic E-state index is 12.7. The molecule has 2 aromatic rings. The van der Waals surface area contributed by atoms with Gasteiger partial charge in [-0.3, -0.25) is 9.78 Å². The summed E-state index contributed by atoms with van der Waals surface area (Å²) in [4.78, 5) is 16.4. The number of hydrogen-bond acceptors (Lipinski definition) is 5. The van der Waals surface area contributed by atoms with Crippen LogP contribution in [-0.4, -0.2) is 36.7 Å². The predicted octanol–water partition coefficient (Wildman–Crippen LogP) is 2.62. The Morgan fingerprint density at radius 1 is 1.40 bits per heavy atom. The molecule has 25 heavy (non-hydrogen) atoms. The second-order valence-corrected chi connectivity index (χ2v) is 10.5. The number of carbonyl (C=O) groups is 1. The minimum Gasteiger partial charge on any atom is -0.352 e. The van der Waals surface area contributed by atoms with Gasteiger partial charge in [0.2, 0.25) is 5.91 Å². The normalized spacial score (nSPS) is 18.8. The average Bonchev–Trinajstić information content (AvgIpc) is 3.08. The van der Waals surface area contributed by atoms with Crippen LogP contribution in [-0.2, 0) is 21.4 Å². The van der Waals surface area contributed by atoms with Crippen LogP contribution in [0.4, 0.5) is 0 Å². The van der Waals surface area contributed by atoms with Gasteiger partial charge in [-0.2, -0.15) is 4.31 Å². The lowest BCUT2D eigenvalue weighted by Gasteiger charge is -2.30. The fourth-order valence-electron chi connectivity index (χ4n) is 2.77. The van der Waals surface area contributed by atoms with Crippen molar-refractivity contribution < 1.29 is 13.2 Å². The van der Waals surface area contributed by atoms with E-state index in [4.69, 9.17) is 0 Å². The quantitative estimate of drug-likeness (QED) is 0.769. The minimum absolute atomic E-state index is 0.115. The molecule has 1 fully saturated rings. The van der Waals surface area contributed by atoms with E-state index in [1.165, 1.54) is 15.6 Å². The largest absolute Gasteiger partial charge is 0.352 e. The molecule has 1 unspecified atom stereocenters. The molecule has 0 radical (unpaired) electrons. The first-order valence-corrected chi connectivity index (χ1v) is 10.9. The lowest BCUT2D eigenvalue weighted by atomic mass is 9.99. The fraction of sp³-hybridized carbons (Fsp3) is 0.375. The van der Waals surface area contributed by atoms with E-state index in [-0.39, 0.29) is 18.4 Å². The molecular weight excluding hydrogens is 426 g/mol. The number of hydrogen-bond donors (Lipinski definition) is 1. The number of pyridine rings is 1. The van der Waals surface area contributed by atoms with Gasteiger partial charge in [0.15, 0.2) is 0 Å². The number of thiophene rings is 1. The third kappa shape index (κ3) is 4.46. The molecule has 0 spiro atoms. The maximum atomic E-state index is 12.7. The first-order valence-electron chi connectivity index (χ1n) is 7.89. The Balaban J connectivity index is 1.63. The third-order valence-corrected chi connectivity index (χ3v) is 8.04. The SMILES string of the molecule is O=C(NCc1cccnc1)C1CCCN(S(=O)(=O)c2ccc(Br)s2)C1. The zero-order chi connectivity index (χ0) is 17.9. The highest BCUT2D eigenvalue weighted by Gasteiger charge is 2.33. The number of nitrogens with one attached hydrogen (secondary N) is 1. The number of rotatable bonds is 5. The van der Waals surface area contributed by atoms with Crippen molar-refractivity contribution in [2.24, 2.45) is 5.92 Å². The summed E-state index contributed by atoms with van der Waals surface area (Å²) in [5.74, 6) is -0.445. The van der Waals surface area contributed by atoms with Gasteiger partial charge in [-0.05, 0) is 52.5 Å². The number of nitrogens with zero attached hydrogens (tertiary/aromatic N) is 2. The molecule has 1 atom stereocenters. The zero-order valence-electron chi connectivity index (χ0n) is 13.4. The van der Waals surface area contributed by atoms with E-state index in [1.807, 2.05) is 12.1 Å². The van der Waals surface area contributed by atoms with Crippen LogP contribution in [0, 0.1) is 5.92 Å². The van der Waals surface area contributed by atoms with Crippen LogP contribution >= 0.6 is 27.3 Å². The number of amides is 1. The Labute approximate surface area is 159 Å². The highest BCUT2D eigenvalue weighted by atomic mass is 79.9. The van der Waals surface area contributed by atoms with Gasteiger partial charge in [-0.1, -0.05) is 6.07 Å². The first-order chi connectivity index (χ1) is 12.0. The van der Waals surface area contributed by atoms with Gasteiger partial charge in [0, 0.05) is 32.0 Å². The van der Waals surface area contributed by atoms with E-state index >= 15 is 0 Å². The van der Waals surface area contributed by atoms with Crippen molar-refractivity contribution in [3.8, 4) is 0 Å². The summed E-state index contributed by atoms with van der Waals surface area (Å²) >= 11 is 4.48. The van der Waals surface area contributed by atoms with Crippen molar-refractivity contribution in [2.45, 2.75) is 23.6 Å². The molecule has 3 rings (SSSR count). The monoisotopic (exact) mass is 443 g/mol. The molecule has 2 aromatic heterocycles. The summed E-state index contributed by atoms with van der Waals surface area (Å²) in [5.41, 5.74) is 0.916. The number of halogens is 1. The van der Waals surface area contributed by atoms with Crippen LogP contribution in [0.2, 0.25) is 0 Å². The number of piperidine rings is 1. The summed E-state index contributed by atoms with van der Waals surface area (Å²) < 4.78 is 27.9. The van der Waals surface area contributed by atoms with E-state index in [9.17, 15) is 13.2 Å². The van der Waals surface area contributed by atoms with Crippen molar-refractivity contribution in [3.05, 3.63) is 46.0 Å². The second kappa shape index (κ2) is 7.94. The van der Waals surface area contributed by atoms with E-state index in [0.717, 1.165) is 9.35 Å². The van der Waals surface area contributed by atoms with Gasteiger partial charge < -0.3 is 5.32 Å². The molecule has 6 nitrogen and oxygen atoms in total. The maximum Gasteiger partial charge on any atom is 0.252 e. The zero-order valence-corrected chi connectivity index (χ0v) is 16.6. The van der Waals surface area contributed by atoms with Crippen molar-refractivity contribution in [1.29, 1.82) is 0 Å². The Hall–Kier alpha value is -1.29. The van der Waals surface area contributed by atoms with Crippen molar-refractivity contribution in [1.82, 2.24) is 14.6 Å². The standard InChI is InChI=1S/C16H18BrN3O3S2/c17-14-5-6-15(24-14)25(22,23)20-8-2-4-13(11-20)16(21)19-10-12-3-1-7-18-9-12/h1,3,5-7,9,13H,2,4,8,10-11H2,(H,19,21). The van der Waals surface area contributed by atoms with Crippen molar-refractivity contribution in [2.75, 3.05) is 13.1 Å². The molecule has 0 aromatic carbocycles. The van der Waals surface area contributed by atoms with Gasteiger partial charge in [0.25, 0.3) is 10.0 Å². The van der Waals surface area contributed by atoms with Gasteiger partial charge in [-0.25, -0.2) is 8.42 Å². The summed E-state index contributed by atoms with van der Waals surface area (Å²) in [6, 6.07) is 7.02. The lowest BCUT2D eigenvalue weighted by Crippen LogP contribution is -2.45. The molecule has 1 saturated heterocycles. The molecular formula is C16H18BrN3O3S2. The van der Waals surface area contributed by atoms with E-state index in [0.29, 0.717) is 30.1 Å². The average molecular weight is 444 g/mol. The van der Waals surface area contributed by atoms with Gasteiger partial charge in [-0.15, -0.1) is 11.3 Å². The molecule has 1 aliphatic heterocycles. The number of aromatic nitrogens is 1. The van der Waals surface area contributed by atoms with Crippen LogP contribution in [0.1, 0.15) is 18.4 Å². The summed E-state index contributed by atoms with van der Waals surface area (Å²) in [6.07, 6.45) is 4.75. The molecule has 1 N–H and O–H groups in total. The molecule has 3 heterocycles. The molecule has 134 valence electrons. The molecule has 1 aliphatic rings. The molecule has 1 amide bonds. The molecule has 0 saturated carbocycles. The lowest BCUT2D eigenvalue weighted by molar-refractivity contribution is -0.126. The highest BCUT2D eigenvalue weighted by Crippen LogP contribution is 2.30. The Morgan fingerprint density at radius 2 is 2.24 bits per heavy atom. The van der Waals surface area contributed by atoms with Gasteiger partial charge in [0.05, 0.1) is 9.70 Å². The molecule has 9 heteroatoms. The van der Waals surface area contributed by atoms with Crippen molar-refractivity contribution >= 4 is 43.2 Å². The number of carbonyl (C=O) groups excluding carboxylic acids is 1. The van der Waals surface area contributed by atoms with Gasteiger partial charge in [0.1, 0.15) is 4.21 Å². The summed E-state index contributed by atoms with van der Waals surface area (Å²) in [6.45, 7) is 1.06. The minimum atomic E-state index is -3.54. The topological polar surface area (TPSA) is 79.4 Å². The number of sulfonamides is 1. The second-order valence-electron chi connectivity index (χ2n) is 5.84. The van der Waals surface area contributed by atoms with Crippen LogP contribution in [0.3, 0.4) is 0 Å². The van der Waals surface area contributed by atoms with Crippen LogP contribution in [0.25, 0.3) is 0 Å². The predicted molar refractivity (Wildman–Crippen MR) is 99.6 cm³/mol. The molecule has 0 bridgehead atoms. The smallest absolute Gasteiger partial charge is 0.252 e. The summed E-state index contributed by atoms with van der Waals surface area (Å²) in [7, 11) is -3.54. The van der Waals surface area contributed by atoms with E-state index in [2.05, 4.69) is 26.2 Å². The van der Waals surface area contributed by atoms with Crippen LogP contribution < -0.4 is 5.32 Å². The third-order valence-electron chi connectivity index (χ3n) is 4.09. The Kier molecular flexibility index (Phi) is 5.88. The fourth-order valence-corrected chi connectivity index (χ4v) is 6.46. The van der Waals surface area contributed by atoms with Crippen molar-refractivity contribution in [3.63, 3.8) is 0 Å².